The first-order valence-electron chi connectivity index (χ1n) is 8.07. The van der Waals surface area contributed by atoms with Crippen LogP contribution in [0.25, 0.3) is 0 Å². The SMILES string of the molecule is CCCNc1nc(OC(C)C)nc(N(CCC)C2CC2)n1. The van der Waals surface area contributed by atoms with Crippen molar-refractivity contribution < 1.29 is 4.74 Å². The molecule has 2 rings (SSSR count). The molecule has 0 radical (unpaired) electrons. The van der Waals surface area contributed by atoms with Crippen molar-refractivity contribution in [3.05, 3.63) is 0 Å². The standard InChI is InChI=1S/C15H27N5O/c1-5-9-16-13-17-14(19-15(18-13)21-11(3)4)20(10-6-2)12-7-8-12/h11-12H,5-10H2,1-4H3,(H,16,17,18,19). The molecule has 1 N–H and O–H groups in total. The summed E-state index contributed by atoms with van der Waals surface area (Å²) in [4.78, 5) is 15.7. The maximum Gasteiger partial charge on any atom is 0.323 e. The summed E-state index contributed by atoms with van der Waals surface area (Å²) in [5.41, 5.74) is 0. The van der Waals surface area contributed by atoms with Crippen LogP contribution in [-0.2, 0) is 0 Å². The van der Waals surface area contributed by atoms with Crippen LogP contribution < -0.4 is 15.0 Å². The third kappa shape index (κ3) is 4.72. The van der Waals surface area contributed by atoms with Crippen molar-refractivity contribution in [3.63, 3.8) is 0 Å². The van der Waals surface area contributed by atoms with Gasteiger partial charge in [0.15, 0.2) is 0 Å². The molecule has 21 heavy (non-hydrogen) atoms. The second kappa shape index (κ2) is 7.43. The Labute approximate surface area is 127 Å². The molecular weight excluding hydrogens is 266 g/mol. The number of aromatic nitrogens is 3. The van der Waals surface area contributed by atoms with Crippen LogP contribution in [0.15, 0.2) is 0 Å². The van der Waals surface area contributed by atoms with E-state index in [0.29, 0.717) is 18.0 Å². The van der Waals surface area contributed by atoms with Gasteiger partial charge in [0.2, 0.25) is 11.9 Å². The quantitative estimate of drug-likeness (QED) is 0.755. The fraction of sp³-hybridized carbons (Fsp3) is 0.800. The summed E-state index contributed by atoms with van der Waals surface area (Å²) >= 11 is 0. The normalized spacial score (nSPS) is 14.3. The van der Waals surface area contributed by atoms with Gasteiger partial charge >= 0.3 is 6.01 Å². The minimum absolute atomic E-state index is 0.0554. The van der Waals surface area contributed by atoms with E-state index in [1.165, 1.54) is 12.8 Å². The molecule has 1 aliphatic rings. The second-order valence-electron chi connectivity index (χ2n) is 5.76. The van der Waals surface area contributed by atoms with E-state index >= 15 is 0 Å². The van der Waals surface area contributed by atoms with E-state index < -0.39 is 0 Å². The molecular formula is C15H27N5O. The van der Waals surface area contributed by atoms with Crippen molar-refractivity contribution in [2.45, 2.75) is 65.5 Å². The molecule has 1 saturated carbocycles. The first-order chi connectivity index (χ1) is 10.1. The lowest BCUT2D eigenvalue weighted by atomic mass is 10.4. The van der Waals surface area contributed by atoms with E-state index in [0.717, 1.165) is 31.9 Å². The summed E-state index contributed by atoms with van der Waals surface area (Å²) < 4.78 is 5.68. The highest BCUT2D eigenvalue weighted by Crippen LogP contribution is 2.30. The van der Waals surface area contributed by atoms with E-state index in [1.807, 2.05) is 13.8 Å². The molecule has 0 aliphatic heterocycles. The van der Waals surface area contributed by atoms with E-state index in [9.17, 15) is 0 Å². The van der Waals surface area contributed by atoms with Gasteiger partial charge in [0.1, 0.15) is 0 Å². The Bertz CT molecular complexity index is 448. The molecule has 1 aromatic heterocycles. The molecule has 1 fully saturated rings. The average Bonchev–Trinajstić information content (AvgIpc) is 3.26. The van der Waals surface area contributed by atoms with Gasteiger partial charge in [0.05, 0.1) is 6.10 Å². The summed E-state index contributed by atoms with van der Waals surface area (Å²) in [5, 5.41) is 3.24. The van der Waals surface area contributed by atoms with Crippen molar-refractivity contribution >= 4 is 11.9 Å². The highest BCUT2D eigenvalue weighted by atomic mass is 16.5. The maximum atomic E-state index is 5.68. The van der Waals surface area contributed by atoms with Crippen molar-refractivity contribution in [1.29, 1.82) is 0 Å². The molecule has 1 aromatic rings. The molecule has 1 aliphatic carbocycles. The number of anilines is 2. The Balaban J connectivity index is 2.23. The predicted octanol–water partition coefficient (Wildman–Crippen LogP) is 2.86. The molecule has 0 unspecified atom stereocenters. The van der Waals surface area contributed by atoms with Crippen LogP contribution in [0.3, 0.4) is 0 Å². The number of hydrogen-bond acceptors (Lipinski definition) is 6. The van der Waals surface area contributed by atoms with Gasteiger partial charge in [-0.15, -0.1) is 0 Å². The van der Waals surface area contributed by atoms with Crippen molar-refractivity contribution in [2.75, 3.05) is 23.3 Å². The van der Waals surface area contributed by atoms with Gasteiger partial charge in [-0.25, -0.2) is 0 Å². The lowest BCUT2D eigenvalue weighted by Crippen LogP contribution is -2.29. The molecule has 6 heteroatoms. The summed E-state index contributed by atoms with van der Waals surface area (Å²) in [5.74, 6) is 1.35. The average molecular weight is 293 g/mol. The monoisotopic (exact) mass is 293 g/mol. The number of rotatable bonds is 9. The third-order valence-electron chi connectivity index (χ3n) is 3.19. The Morgan fingerprint density at radius 2 is 1.95 bits per heavy atom. The van der Waals surface area contributed by atoms with E-state index in [4.69, 9.17) is 4.74 Å². The first kappa shape index (κ1) is 15.8. The molecule has 0 saturated heterocycles. The Kier molecular flexibility index (Phi) is 5.59. The largest absolute Gasteiger partial charge is 0.461 e. The number of nitrogens with one attached hydrogen (secondary N) is 1. The predicted molar refractivity (Wildman–Crippen MR) is 85.0 cm³/mol. The fourth-order valence-electron chi connectivity index (χ4n) is 2.13. The first-order valence-corrected chi connectivity index (χ1v) is 8.07. The lowest BCUT2D eigenvalue weighted by molar-refractivity contribution is 0.222. The van der Waals surface area contributed by atoms with Gasteiger partial charge in [0, 0.05) is 19.1 Å². The molecule has 6 nitrogen and oxygen atoms in total. The van der Waals surface area contributed by atoms with Crippen molar-refractivity contribution in [2.24, 2.45) is 0 Å². The van der Waals surface area contributed by atoms with Crippen LogP contribution in [0, 0.1) is 0 Å². The number of hydrogen-bond donors (Lipinski definition) is 1. The summed E-state index contributed by atoms with van der Waals surface area (Å²) in [6, 6.07) is 0.994. The van der Waals surface area contributed by atoms with Crippen molar-refractivity contribution in [3.8, 4) is 6.01 Å². The van der Waals surface area contributed by atoms with Gasteiger partial charge in [-0.05, 0) is 39.5 Å². The molecule has 0 bridgehead atoms. The minimum Gasteiger partial charge on any atom is -0.461 e. The Hall–Kier alpha value is -1.59. The molecule has 0 aromatic carbocycles. The van der Waals surface area contributed by atoms with Gasteiger partial charge in [-0.2, -0.15) is 15.0 Å². The van der Waals surface area contributed by atoms with Crippen LogP contribution in [0.4, 0.5) is 11.9 Å². The van der Waals surface area contributed by atoms with Crippen LogP contribution in [0.5, 0.6) is 6.01 Å². The van der Waals surface area contributed by atoms with Crippen LogP contribution in [-0.4, -0.2) is 40.2 Å². The minimum atomic E-state index is 0.0554. The fourth-order valence-corrected chi connectivity index (χ4v) is 2.13. The summed E-state index contributed by atoms with van der Waals surface area (Å²) in [7, 11) is 0. The zero-order valence-corrected chi connectivity index (χ0v) is 13.6. The summed E-state index contributed by atoms with van der Waals surface area (Å²) in [6.07, 6.45) is 4.62. The van der Waals surface area contributed by atoms with Gasteiger partial charge in [0.25, 0.3) is 0 Å². The second-order valence-corrected chi connectivity index (χ2v) is 5.76. The highest BCUT2D eigenvalue weighted by molar-refractivity contribution is 5.40. The number of nitrogens with zero attached hydrogens (tertiary/aromatic N) is 4. The molecule has 0 spiro atoms. The van der Waals surface area contributed by atoms with Crippen molar-refractivity contribution in [1.82, 2.24) is 15.0 Å². The molecule has 0 amide bonds. The van der Waals surface area contributed by atoms with E-state index in [-0.39, 0.29) is 6.10 Å². The maximum absolute atomic E-state index is 5.68. The molecule has 1 heterocycles. The zero-order chi connectivity index (χ0) is 15.2. The third-order valence-corrected chi connectivity index (χ3v) is 3.19. The highest BCUT2D eigenvalue weighted by Gasteiger charge is 2.31. The molecule has 118 valence electrons. The lowest BCUT2D eigenvalue weighted by Gasteiger charge is -2.22. The van der Waals surface area contributed by atoms with Crippen LogP contribution in [0.2, 0.25) is 0 Å². The van der Waals surface area contributed by atoms with E-state index in [2.05, 4.69) is 39.0 Å². The van der Waals surface area contributed by atoms with Crippen LogP contribution in [0.1, 0.15) is 53.4 Å². The Morgan fingerprint density at radius 3 is 2.52 bits per heavy atom. The smallest absolute Gasteiger partial charge is 0.323 e. The van der Waals surface area contributed by atoms with Gasteiger partial charge in [-0.3, -0.25) is 0 Å². The molecule has 0 atom stereocenters. The summed E-state index contributed by atoms with van der Waals surface area (Å²) in [6.45, 7) is 10.1. The zero-order valence-electron chi connectivity index (χ0n) is 13.6. The van der Waals surface area contributed by atoms with Crippen LogP contribution >= 0.6 is 0 Å². The van der Waals surface area contributed by atoms with Gasteiger partial charge < -0.3 is 15.0 Å². The number of ether oxygens (including phenoxy) is 1. The van der Waals surface area contributed by atoms with Gasteiger partial charge in [-0.1, -0.05) is 13.8 Å². The van der Waals surface area contributed by atoms with E-state index in [1.54, 1.807) is 0 Å². The Morgan fingerprint density at radius 1 is 1.19 bits per heavy atom. The topological polar surface area (TPSA) is 63.2 Å².